The van der Waals surface area contributed by atoms with E-state index in [-0.39, 0.29) is 0 Å². The molecule has 164 valence electrons. The molecule has 0 atom stereocenters. The van der Waals surface area contributed by atoms with Gasteiger partial charge in [0.1, 0.15) is 17.3 Å². The van der Waals surface area contributed by atoms with Gasteiger partial charge in [-0.25, -0.2) is 14.0 Å². The normalized spacial score (nSPS) is 9.91. The van der Waals surface area contributed by atoms with Crippen molar-refractivity contribution in [2.24, 2.45) is 0 Å². The Balaban J connectivity index is 1.71. The Morgan fingerprint density at radius 1 is 0.727 bits per heavy atom. The number of ether oxygens (including phenoxy) is 2. The quantitative estimate of drug-likeness (QED) is 0.216. The summed E-state index contributed by atoms with van der Waals surface area (Å²) in [7, 11) is 0. The summed E-state index contributed by atoms with van der Waals surface area (Å²) in [4.78, 5) is 23.1. The van der Waals surface area contributed by atoms with Gasteiger partial charge in [0.05, 0.1) is 0 Å². The lowest BCUT2D eigenvalue weighted by Gasteiger charge is -2.07. The second kappa shape index (κ2) is 10.3. The average Bonchev–Trinajstić information content (AvgIpc) is 2.79. The van der Waals surface area contributed by atoms with E-state index in [0.717, 1.165) is 0 Å². The Bertz CT molecular complexity index is 1290. The fourth-order valence-electron chi connectivity index (χ4n) is 2.67. The van der Waals surface area contributed by atoms with Crippen molar-refractivity contribution >= 4 is 11.9 Å². The summed E-state index contributed by atoms with van der Waals surface area (Å²) in [6, 6.07) is 18.0. The first-order chi connectivity index (χ1) is 15.7. The Hall–Kier alpha value is -4.43. The molecule has 0 fully saturated rings. The van der Waals surface area contributed by atoms with Crippen LogP contribution in [0.1, 0.15) is 25.0 Å². The van der Waals surface area contributed by atoms with E-state index < -0.39 is 17.8 Å². The first kappa shape index (κ1) is 23.2. The van der Waals surface area contributed by atoms with Crippen LogP contribution in [0.15, 0.2) is 91.0 Å². The van der Waals surface area contributed by atoms with E-state index in [1.54, 1.807) is 74.5 Å². The van der Waals surface area contributed by atoms with Crippen molar-refractivity contribution in [3.05, 3.63) is 108 Å². The molecule has 0 aliphatic carbocycles. The van der Waals surface area contributed by atoms with Crippen LogP contribution in [0.25, 0.3) is 11.1 Å². The lowest BCUT2D eigenvalue weighted by molar-refractivity contribution is -0.130. The van der Waals surface area contributed by atoms with E-state index in [2.05, 4.69) is 25.0 Å². The summed E-state index contributed by atoms with van der Waals surface area (Å²) < 4.78 is 25.0. The number of carbonyl (C=O) groups excluding carboxylic acids is 2. The molecule has 0 aromatic heterocycles. The lowest BCUT2D eigenvalue weighted by Crippen LogP contribution is -2.07. The van der Waals surface area contributed by atoms with Gasteiger partial charge in [-0.15, -0.1) is 0 Å². The van der Waals surface area contributed by atoms with Crippen LogP contribution in [-0.2, 0) is 9.59 Å². The van der Waals surface area contributed by atoms with Crippen LogP contribution in [0.5, 0.6) is 11.5 Å². The highest BCUT2D eigenvalue weighted by molar-refractivity contribution is 5.89. The Morgan fingerprint density at radius 2 is 1.18 bits per heavy atom. The molecule has 0 aliphatic rings. The van der Waals surface area contributed by atoms with E-state index >= 15 is 0 Å². The third-order valence-electron chi connectivity index (χ3n) is 4.46. The summed E-state index contributed by atoms with van der Waals surface area (Å²) in [5.41, 5.74) is 2.86. The van der Waals surface area contributed by atoms with Gasteiger partial charge in [-0.2, -0.15) is 0 Å². The molecule has 0 spiro atoms. The standard InChI is InChI=1S/C28H21FO4/c1-18(2)27(30)32-23-12-7-20(8-13-23)5-6-21-9-16-25(26(29)17-21)22-10-14-24(15-11-22)33-28(31)19(3)4/h7-17H,1,3H2,2,4H3. The van der Waals surface area contributed by atoms with Gasteiger partial charge in [-0.1, -0.05) is 43.2 Å². The fraction of sp³-hybridized carbons (Fsp3) is 0.0714. The predicted molar refractivity (Wildman–Crippen MR) is 125 cm³/mol. The molecule has 0 heterocycles. The smallest absolute Gasteiger partial charge is 0.338 e. The van der Waals surface area contributed by atoms with Crippen LogP contribution in [0.4, 0.5) is 4.39 Å². The molecule has 5 heteroatoms. The van der Waals surface area contributed by atoms with Crippen molar-refractivity contribution in [1.82, 2.24) is 0 Å². The molecule has 0 saturated heterocycles. The predicted octanol–water partition coefficient (Wildman–Crippen LogP) is 5.86. The Kier molecular flexibility index (Phi) is 7.22. The zero-order valence-corrected chi connectivity index (χ0v) is 18.3. The van der Waals surface area contributed by atoms with Gasteiger partial charge >= 0.3 is 11.9 Å². The average molecular weight is 440 g/mol. The highest BCUT2D eigenvalue weighted by Gasteiger charge is 2.09. The number of rotatable bonds is 5. The zero-order chi connectivity index (χ0) is 24.0. The van der Waals surface area contributed by atoms with Crippen LogP contribution in [0.3, 0.4) is 0 Å². The van der Waals surface area contributed by atoms with Gasteiger partial charge < -0.3 is 9.47 Å². The van der Waals surface area contributed by atoms with Gasteiger partial charge in [-0.3, -0.25) is 0 Å². The topological polar surface area (TPSA) is 52.6 Å². The van der Waals surface area contributed by atoms with Crippen molar-refractivity contribution in [3.63, 3.8) is 0 Å². The van der Waals surface area contributed by atoms with E-state index in [9.17, 15) is 14.0 Å². The minimum atomic E-state index is -0.514. The van der Waals surface area contributed by atoms with E-state index in [0.29, 0.717) is 44.9 Å². The lowest BCUT2D eigenvalue weighted by atomic mass is 10.0. The molecule has 3 rings (SSSR count). The summed E-state index contributed by atoms with van der Waals surface area (Å²) in [6.45, 7) is 10.2. The summed E-state index contributed by atoms with van der Waals surface area (Å²) in [6.07, 6.45) is 0. The Labute approximate surface area is 192 Å². The minimum absolute atomic E-state index is 0.295. The molecule has 0 unspecified atom stereocenters. The van der Waals surface area contributed by atoms with Crippen molar-refractivity contribution in [2.45, 2.75) is 13.8 Å². The molecule has 0 bridgehead atoms. The van der Waals surface area contributed by atoms with Gasteiger partial charge in [0.25, 0.3) is 0 Å². The molecular formula is C28H21FO4. The zero-order valence-electron chi connectivity index (χ0n) is 18.3. The third-order valence-corrected chi connectivity index (χ3v) is 4.46. The van der Waals surface area contributed by atoms with Crippen LogP contribution >= 0.6 is 0 Å². The van der Waals surface area contributed by atoms with Crippen LogP contribution in [0, 0.1) is 17.7 Å². The number of hydrogen-bond acceptors (Lipinski definition) is 4. The monoisotopic (exact) mass is 440 g/mol. The van der Waals surface area contributed by atoms with Crippen LogP contribution < -0.4 is 9.47 Å². The first-order valence-electron chi connectivity index (χ1n) is 10.0. The Morgan fingerprint density at radius 3 is 1.67 bits per heavy atom. The van der Waals surface area contributed by atoms with E-state index in [4.69, 9.17) is 9.47 Å². The maximum Gasteiger partial charge on any atom is 0.338 e. The van der Waals surface area contributed by atoms with E-state index in [1.165, 1.54) is 6.07 Å². The van der Waals surface area contributed by atoms with Crippen LogP contribution in [-0.4, -0.2) is 11.9 Å². The van der Waals surface area contributed by atoms with Crippen molar-refractivity contribution in [1.29, 1.82) is 0 Å². The number of carbonyl (C=O) groups is 2. The number of halogens is 1. The third kappa shape index (κ3) is 6.28. The van der Waals surface area contributed by atoms with Crippen LogP contribution in [0.2, 0.25) is 0 Å². The van der Waals surface area contributed by atoms with Crippen molar-refractivity contribution in [2.75, 3.05) is 0 Å². The largest absolute Gasteiger partial charge is 0.423 e. The highest BCUT2D eigenvalue weighted by Crippen LogP contribution is 2.26. The summed E-state index contributed by atoms with van der Waals surface area (Å²) >= 11 is 0. The molecule has 0 aliphatic heterocycles. The maximum atomic E-state index is 14.7. The minimum Gasteiger partial charge on any atom is -0.423 e. The highest BCUT2D eigenvalue weighted by atomic mass is 19.1. The second-order valence-electron chi connectivity index (χ2n) is 7.33. The molecule has 0 amide bonds. The van der Waals surface area contributed by atoms with Crippen molar-refractivity contribution in [3.8, 4) is 34.5 Å². The van der Waals surface area contributed by atoms with Gasteiger partial charge in [-0.05, 0) is 67.9 Å². The maximum absolute atomic E-state index is 14.7. The molecule has 0 saturated carbocycles. The molecule has 0 N–H and O–H groups in total. The number of esters is 2. The van der Waals surface area contributed by atoms with Gasteiger partial charge in [0.2, 0.25) is 0 Å². The second-order valence-corrected chi connectivity index (χ2v) is 7.33. The summed E-state index contributed by atoms with van der Waals surface area (Å²) in [5.74, 6) is 5.20. The van der Waals surface area contributed by atoms with Gasteiger partial charge in [0, 0.05) is 27.8 Å². The molecule has 3 aromatic carbocycles. The molecule has 33 heavy (non-hydrogen) atoms. The van der Waals surface area contributed by atoms with Crippen molar-refractivity contribution < 1.29 is 23.5 Å². The first-order valence-corrected chi connectivity index (χ1v) is 10.0. The van der Waals surface area contributed by atoms with E-state index in [1.807, 2.05) is 0 Å². The molecular weight excluding hydrogens is 419 g/mol. The van der Waals surface area contributed by atoms with Gasteiger partial charge in [0.15, 0.2) is 0 Å². The molecule has 4 nitrogen and oxygen atoms in total. The number of hydrogen-bond donors (Lipinski definition) is 0. The molecule has 0 radical (unpaired) electrons. The molecule has 3 aromatic rings. The summed E-state index contributed by atoms with van der Waals surface area (Å²) in [5, 5.41) is 0. The fourth-order valence-corrected chi connectivity index (χ4v) is 2.67. The number of benzene rings is 3. The SMILES string of the molecule is C=C(C)C(=O)Oc1ccc(C#Cc2ccc(-c3ccc(OC(=O)C(=C)C)cc3)c(F)c2)cc1.